The van der Waals surface area contributed by atoms with Crippen molar-refractivity contribution in [2.24, 2.45) is 5.73 Å². The molecule has 5 nitrogen and oxygen atoms in total. The molecular formula is C12H12F3N3O2S. The van der Waals surface area contributed by atoms with E-state index in [0.717, 1.165) is 12.1 Å². The third-order valence-electron chi connectivity index (χ3n) is 2.36. The van der Waals surface area contributed by atoms with Crippen molar-refractivity contribution >= 4 is 29.0 Å². The number of benzene rings is 1. The molecule has 0 atom stereocenters. The number of amides is 2. The van der Waals surface area contributed by atoms with Gasteiger partial charge >= 0.3 is 18.0 Å². The van der Waals surface area contributed by atoms with Gasteiger partial charge in [0, 0.05) is 6.54 Å². The third-order valence-corrected chi connectivity index (χ3v) is 2.51. The highest BCUT2D eigenvalue weighted by atomic mass is 32.1. The summed E-state index contributed by atoms with van der Waals surface area (Å²) in [5.74, 6) is -1.85. The lowest BCUT2D eigenvalue weighted by Crippen LogP contribution is -2.42. The van der Waals surface area contributed by atoms with E-state index in [1.165, 1.54) is 12.1 Å². The number of hydrogen-bond acceptors (Lipinski definition) is 3. The maximum absolute atomic E-state index is 12.3. The molecule has 0 aliphatic rings. The fourth-order valence-electron chi connectivity index (χ4n) is 1.32. The number of rotatable bonds is 4. The Balaban J connectivity index is 2.50. The second-order valence-electron chi connectivity index (χ2n) is 4.03. The number of carbonyl (C=O) groups is 2. The number of nitrogens with one attached hydrogen (secondary N) is 2. The van der Waals surface area contributed by atoms with Gasteiger partial charge in [0.2, 0.25) is 0 Å². The van der Waals surface area contributed by atoms with Crippen molar-refractivity contribution in [2.45, 2.75) is 12.7 Å². The molecule has 1 aromatic carbocycles. The Morgan fingerprint density at radius 3 is 2.10 bits per heavy atom. The van der Waals surface area contributed by atoms with Crippen LogP contribution < -0.4 is 16.4 Å². The third kappa shape index (κ3) is 5.78. The molecule has 0 aromatic heterocycles. The summed E-state index contributed by atoms with van der Waals surface area (Å²) in [7, 11) is 0. The monoisotopic (exact) mass is 319 g/mol. The first-order valence-electron chi connectivity index (χ1n) is 5.70. The highest BCUT2D eigenvalue weighted by Gasteiger charge is 2.29. The van der Waals surface area contributed by atoms with E-state index >= 15 is 0 Å². The van der Waals surface area contributed by atoms with Crippen LogP contribution in [0, 0.1) is 0 Å². The molecule has 0 fully saturated rings. The van der Waals surface area contributed by atoms with E-state index in [9.17, 15) is 22.8 Å². The molecule has 114 valence electrons. The van der Waals surface area contributed by atoms with Crippen LogP contribution in [0.3, 0.4) is 0 Å². The average molecular weight is 319 g/mol. The van der Waals surface area contributed by atoms with Crippen molar-refractivity contribution in [3.05, 3.63) is 35.4 Å². The minimum atomic E-state index is -4.41. The molecule has 0 aliphatic heterocycles. The van der Waals surface area contributed by atoms with E-state index in [0.29, 0.717) is 5.56 Å². The summed E-state index contributed by atoms with van der Waals surface area (Å²) >= 11 is 4.52. The molecule has 0 spiro atoms. The lowest BCUT2D eigenvalue weighted by Gasteiger charge is -2.08. The number of halogens is 3. The van der Waals surface area contributed by atoms with E-state index in [1.54, 1.807) is 0 Å². The fourth-order valence-corrected chi connectivity index (χ4v) is 1.39. The van der Waals surface area contributed by atoms with Crippen LogP contribution in [0.4, 0.5) is 13.2 Å². The minimum Gasteiger partial charge on any atom is -0.392 e. The highest BCUT2D eigenvalue weighted by Crippen LogP contribution is 2.28. The number of hydrogen-bond donors (Lipinski definition) is 3. The molecule has 0 aliphatic carbocycles. The molecule has 0 unspecified atom stereocenters. The van der Waals surface area contributed by atoms with E-state index in [1.807, 2.05) is 0 Å². The maximum atomic E-state index is 12.3. The Morgan fingerprint density at radius 2 is 1.62 bits per heavy atom. The van der Waals surface area contributed by atoms with Crippen LogP contribution >= 0.6 is 12.2 Å². The molecule has 9 heteroatoms. The van der Waals surface area contributed by atoms with Crippen LogP contribution in [-0.4, -0.2) is 23.3 Å². The van der Waals surface area contributed by atoms with Crippen molar-refractivity contribution in [3.8, 4) is 0 Å². The van der Waals surface area contributed by atoms with Crippen LogP contribution in [0.5, 0.6) is 0 Å². The Morgan fingerprint density at radius 1 is 1.10 bits per heavy atom. The van der Waals surface area contributed by atoms with Gasteiger partial charge in [-0.2, -0.15) is 13.2 Å². The first kappa shape index (κ1) is 16.9. The van der Waals surface area contributed by atoms with Crippen molar-refractivity contribution < 1.29 is 22.8 Å². The molecule has 0 heterocycles. The lowest BCUT2D eigenvalue weighted by atomic mass is 10.1. The quantitative estimate of drug-likeness (QED) is 0.564. The van der Waals surface area contributed by atoms with Crippen LogP contribution in [0.2, 0.25) is 0 Å². The molecule has 1 rings (SSSR count). The fraction of sp³-hybridized carbons (Fsp3) is 0.250. The maximum Gasteiger partial charge on any atom is 0.416 e. The van der Waals surface area contributed by atoms with Gasteiger partial charge in [-0.3, -0.25) is 9.59 Å². The summed E-state index contributed by atoms with van der Waals surface area (Å²) < 4.78 is 37.0. The van der Waals surface area contributed by atoms with E-state index < -0.39 is 23.6 Å². The SMILES string of the molecule is NC(=S)CNC(=O)C(=O)NCc1ccc(C(F)(F)F)cc1. The molecule has 2 amide bonds. The first-order valence-corrected chi connectivity index (χ1v) is 6.11. The molecule has 0 saturated heterocycles. The minimum absolute atomic E-state index is 0.0267. The molecule has 0 saturated carbocycles. The summed E-state index contributed by atoms with van der Waals surface area (Å²) in [5.41, 5.74) is 4.79. The van der Waals surface area contributed by atoms with Crippen LogP contribution in [0.15, 0.2) is 24.3 Å². The van der Waals surface area contributed by atoms with Crippen molar-refractivity contribution in [1.82, 2.24) is 10.6 Å². The van der Waals surface area contributed by atoms with Gasteiger partial charge in [0.15, 0.2) is 0 Å². The van der Waals surface area contributed by atoms with E-state index in [-0.39, 0.29) is 18.1 Å². The molecule has 0 bridgehead atoms. The molecule has 0 radical (unpaired) electrons. The van der Waals surface area contributed by atoms with Crippen molar-refractivity contribution in [1.29, 1.82) is 0 Å². The van der Waals surface area contributed by atoms with Crippen LogP contribution in [0.1, 0.15) is 11.1 Å². The zero-order chi connectivity index (χ0) is 16.0. The Bertz CT molecular complexity index is 544. The van der Waals surface area contributed by atoms with Gasteiger partial charge in [-0.15, -0.1) is 0 Å². The predicted molar refractivity (Wildman–Crippen MR) is 73.1 cm³/mol. The zero-order valence-electron chi connectivity index (χ0n) is 10.7. The zero-order valence-corrected chi connectivity index (χ0v) is 11.5. The summed E-state index contributed by atoms with van der Waals surface area (Å²) in [6.07, 6.45) is -4.41. The van der Waals surface area contributed by atoms with Gasteiger partial charge in [-0.25, -0.2) is 0 Å². The average Bonchev–Trinajstić information content (AvgIpc) is 2.41. The molecular weight excluding hydrogens is 307 g/mol. The van der Waals surface area contributed by atoms with Gasteiger partial charge in [-0.1, -0.05) is 24.4 Å². The highest BCUT2D eigenvalue weighted by molar-refractivity contribution is 7.80. The Kier molecular flexibility index (Phi) is 5.65. The number of carbonyl (C=O) groups excluding carboxylic acids is 2. The molecule has 1 aromatic rings. The largest absolute Gasteiger partial charge is 0.416 e. The summed E-state index contributed by atoms with van der Waals surface area (Å²) in [6.45, 7) is -0.181. The van der Waals surface area contributed by atoms with Crippen LogP contribution in [0.25, 0.3) is 0 Å². The Hall–Kier alpha value is -2.16. The number of thiocarbonyl (C=S) groups is 1. The standard InChI is InChI=1S/C12H12F3N3O2S/c13-12(14,15)8-3-1-7(2-4-8)5-17-10(19)11(20)18-6-9(16)21/h1-4H,5-6H2,(H2,16,21)(H,17,19)(H,18,20). The summed E-state index contributed by atoms with van der Waals surface area (Å²) in [6, 6.07) is 4.23. The van der Waals surface area contributed by atoms with Gasteiger partial charge in [0.05, 0.1) is 17.1 Å². The van der Waals surface area contributed by atoms with Gasteiger partial charge in [0.1, 0.15) is 0 Å². The van der Waals surface area contributed by atoms with Gasteiger partial charge in [-0.05, 0) is 17.7 Å². The van der Waals surface area contributed by atoms with Crippen molar-refractivity contribution in [2.75, 3.05) is 6.54 Å². The summed E-state index contributed by atoms with van der Waals surface area (Å²) in [5, 5.41) is 4.45. The summed E-state index contributed by atoms with van der Waals surface area (Å²) in [4.78, 5) is 22.7. The van der Waals surface area contributed by atoms with E-state index in [2.05, 4.69) is 22.9 Å². The molecule has 4 N–H and O–H groups in total. The van der Waals surface area contributed by atoms with Gasteiger partial charge in [0.25, 0.3) is 0 Å². The van der Waals surface area contributed by atoms with E-state index in [4.69, 9.17) is 5.73 Å². The second kappa shape index (κ2) is 7.02. The predicted octanol–water partition coefficient (Wildman–Crippen LogP) is 0.724. The van der Waals surface area contributed by atoms with Crippen molar-refractivity contribution in [3.63, 3.8) is 0 Å². The molecule has 21 heavy (non-hydrogen) atoms. The first-order chi connectivity index (χ1) is 9.70. The Labute approximate surface area is 123 Å². The number of nitrogens with two attached hydrogens (primary N) is 1. The smallest absolute Gasteiger partial charge is 0.392 e. The normalized spacial score (nSPS) is 10.8. The number of alkyl halides is 3. The second-order valence-corrected chi connectivity index (χ2v) is 4.55. The van der Waals surface area contributed by atoms with Crippen LogP contribution in [-0.2, 0) is 22.3 Å². The topological polar surface area (TPSA) is 84.2 Å². The van der Waals surface area contributed by atoms with Gasteiger partial charge < -0.3 is 16.4 Å². The lowest BCUT2D eigenvalue weighted by molar-refractivity contribution is -0.139.